The molecule has 0 radical (unpaired) electrons. The van der Waals surface area contributed by atoms with Crippen LogP contribution in [0.3, 0.4) is 0 Å². The number of carbonyl (C=O) groups is 2. The van der Waals surface area contributed by atoms with Crippen molar-refractivity contribution in [3.05, 3.63) is 35.4 Å². The van der Waals surface area contributed by atoms with Gasteiger partial charge < -0.3 is 10.6 Å². The molecule has 1 saturated heterocycles. The zero-order chi connectivity index (χ0) is 17.2. The SMILES string of the molecule is O=C(N[C@@H]1CCCNC1=O)c1ccc(CCCCCCCI)cc1. The number of piperidine rings is 1. The van der Waals surface area contributed by atoms with Crippen LogP contribution in [0.2, 0.25) is 0 Å². The van der Waals surface area contributed by atoms with E-state index in [2.05, 4.69) is 33.2 Å². The molecule has 1 atom stereocenters. The molecule has 1 aromatic carbocycles. The van der Waals surface area contributed by atoms with E-state index in [9.17, 15) is 9.59 Å². The van der Waals surface area contributed by atoms with Crippen LogP contribution >= 0.6 is 22.6 Å². The number of rotatable bonds is 9. The zero-order valence-corrected chi connectivity index (χ0v) is 16.3. The summed E-state index contributed by atoms with van der Waals surface area (Å²) in [5, 5.41) is 5.61. The van der Waals surface area contributed by atoms with Crippen LogP contribution in [0.5, 0.6) is 0 Å². The molecule has 1 fully saturated rings. The van der Waals surface area contributed by atoms with Crippen molar-refractivity contribution in [2.24, 2.45) is 0 Å². The maximum absolute atomic E-state index is 12.2. The lowest BCUT2D eigenvalue weighted by molar-refractivity contribution is -0.124. The van der Waals surface area contributed by atoms with Crippen molar-refractivity contribution < 1.29 is 9.59 Å². The fourth-order valence-corrected chi connectivity index (χ4v) is 3.47. The summed E-state index contributed by atoms with van der Waals surface area (Å²) in [6.45, 7) is 0.706. The van der Waals surface area contributed by atoms with Gasteiger partial charge in [0.2, 0.25) is 5.91 Å². The lowest BCUT2D eigenvalue weighted by Gasteiger charge is -2.22. The monoisotopic (exact) mass is 442 g/mol. The Morgan fingerprint density at radius 2 is 1.83 bits per heavy atom. The highest BCUT2D eigenvalue weighted by molar-refractivity contribution is 14.1. The van der Waals surface area contributed by atoms with Gasteiger partial charge in [0, 0.05) is 12.1 Å². The Bertz CT molecular complexity index is 531. The summed E-state index contributed by atoms with van der Waals surface area (Å²) in [5.74, 6) is -0.240. The van der Waals surface area contributed by atoms with Crippen molar-refractivity contribution >= 4 is 34.4 Å². The summed E-state index contributed by atoms with van der Waals surface area (Å²) in [5.41, 5.74) is 1.90. The largest absolute Gasteiger partial charge is 0.354 e. The van der Waals surface area contributed by atoms with Crippen LogP contribution in [0.15, 0.2) is 24.3 Å². The minimum atomic E-state index is -0.395. The third kappa shape index (κ3) is 6.42. The third-order valence-electron chi connectivity index (χ3n) is 4.41. The number of unbranched alkanes of at least 4 members (excludes halogenated alkanes) is 4. The van der Waals surface area contributed by atoms with Crippen LogP contribution in [0.25, 0.3) is 0 Å². The maximum atomic E-state index is 12.2. The standard InChI is InChI=1S/C19H27IN2O2/c20-13-5-3-1-2-4-7-15-9-11-16(12-10-15)18(23)22-17-8-6-14-21-19(17)24/h9-12,17H,1-8,13-14H2,(H,21,24)(H,22,23)/t17-/m1/s1. The van der Waals surface area contributed by atoms with Gasteiger partial charge in [-0.1, -0.05) is 54.0 Å². The lowest BCUT2D eigenvalue weighted by Crippen LogP contribution is -2.50. The second-order valence-corrected chi connectivity index (χ2v) is 7.44. The molecule has 0 aliphatic carbocycles. The van der Waals surface area contributed by atoms with E-state index in [0.717, 1.165) is 12.8 Å². The molecule has 0 bridgehead atoms. The number of halogens is 1. The average Bonchev–Trinajstić information content (AvgIpc) is 2.60. The van der Waals surface area contributed by atoms with E-state index < -0.39 is 6.04 Å². The molecule has 1 heterocycles. The van der Waals surface area contributed by atoms with Crippen molar-refractivity contribution in [2.45, 2.75) is 57.4 Å². The number of benzene rings is 1. The van der Waals surface area contributed by atoms with Crippen LogP contribution in [-0.2, 0) is 11.2 Å². The van der Waals surface area contributed by atoms with E-state index in [1.807, 2.05) is 24.3 Å². The summed E-state index contributed by atoms with van der Waals surface area (Å²) >= 11 is 2.43. The fraction of sp³-hybridized carbons (Fsp3) is 0.579. The van der Waals surface area contributed by atoms with E-state index in [-0.39, 0.29) is 11.8 Å². The molecule has 2 amide bonds. The van der Waals surface area contributed by atoms with Crippen LogP contribution in [0, 0.1) is 0 Å². The number of carbonyl (C=O) groups excluding carboxylic acids is 2. The second kappa shape index (κ2) is 10.7. The Hall–Kier alpha value is -1.11. The van der Waals surface area contributed by atoms with Gasteiger partial charge in [-0.15, -0.1) is 0 Å². The molecule has 0 saturated carbocycles. The molecule has 2 rings (SSSR count). The summed E-state index contributed by atoms with van der Waals surface area (Å²) in [4.78, 5) is 23.9. The Morgan fingerprint density at radius 1 is 1.12 bits per heavy atom. The minimum absolute atomic E-state index is 0.0752. The highest BCUT2D eigenvalue weighted by atomic mass is 127. The van der Waals surface area contributed by atoms with E-state index in [1.165, 1.54) is 42.1 Å². The molecule has 0 unspecified atom stereocenters. The molecule has 1 aliphatic heterocycles. The normalized spacial score (nSPS) is 17.4. The number of hydrogen-bond acceptors (Lipinski definition) is 2. The predicted octanol–water partition coefficient (Wildman–Crippen LogP) is 3.62. The second-order valence-electron chi connectivity index (χ2n) is 6.36. The molecule has 132 valence electrons. The molecular formula is C19H27IN2O2. The first kappa shape index (κ1) is 19.2. The van der Waals surface area contributed by atoms with Crippen molar-refractivity contribution in [1.82, 2.24) is 10.6 Å². The van der Waals surface area contributed by atoms with Crippen molar-refractivity contribution in [1.29, 1.82) is 0 Å². The number of amides is 2. The number of nitrogens with one attached hydrogen (secondary N) is 2. The van der Waals surface area contributed by atoms with Gasteiger partial charge in [0.15, 0.2) is 0 Å². The highest BCUT2D eigenvalue weighted by Crippen LogP contribution is 2.12. The maximum Gasteiger partial charge on any atom is 0.251 e. The van der Waals surface area contributed by atoms with Gasteiger partial charge in [-0.3, -0.25) is 9.59 Å². The molecule has 0 aromatic heterocycles. The smallest absolute Gasteiger partial charge is 0.251 e. The Labute approximate surface area is 158 Å². The molecular weight excluding hydrogens is 415 g/mol. The van der Waals surface area contributed by atoms with E-state index in [1.54, 1.807) is 0 Å². The van der Waals surface area contributed by atoms with E-state index in [4.69, 9.17) is 0 Å². The molecule has 0 spiro atoms. The minimum Gasteiger partial charge on any atom is -0.354 e. The fourth-order valence-electron chi connectivity index (χ4n) is 2.93. The van der Waals surface area contributed by atoms with Gasteiger partial charge in [0.1, 0.15) is 6.04 Å². The Morgan fingerprint density at radius 3 is 2.54 bits per heavy atom. The molecule has 5 heteroatoms. The number of alkyl halides is 1. The molecule has 2 N–H and O–H groups in total. The first-order chi connectivity index (χ1) is 11.7. The van der Waals surface area contributed by atoms with Gasteiger partial charge in [0.25, 0.3) is 5.91 Å². The summed E-state index contributed by atoms with van der Waals surface area (Å²) in [6.07, 6.45) is 9.13. The van der Waals surface area contributed by atoms with Gasteiger partial charge >= 0.3 is 0 Å². The van der Waals surface area contributed by atoms with Gasteiger partial charge in [0.05, 0.1) is 0 Å². The van der Waals surface area contributed by atoms with E-state index >= 15 is 0 Å². The lowest BCUT2D eigenvalue weighted by atomic mass is 10.0. The quantitative estimate of drug-likeness (QED) is 0.349. The Balaban J connectivity index is 1.74. The molecule has 24 heavy (non-hydrogen) atoms. The first-order valence-electron chi connectivity index (χ1n) is 8.94. The molecule has 1 aliphatic rings. The molecule has 4 nitrogen and oxygen atoms in total. The number of aryl methyl sites for hydroxylation is 1. The van der Waals surface area contributed by atoms with Gasteiger partial charge in [-0.05, 0) is 54.2 Å². The van der Waals surface area contributed by atoms with E-state index in [0.29, 0.717) is 18.5 Å². The molecule has 1 aromatic rings. The summed E-state index contributed by atoms with van der Waals surface area (Å²) < 4.78 is 1.25. The summed E-state index contributed by atoms with van der Waals surface area (Å²) in [7, 11) is 0. The van der Waals surface area contributed by atoms with Crippen LogP contribution < -0.4 is 10.6 Å². The van der Waals surface area contributed by atoms with Gasteiger partial charge in [-0.2, -0.15) is 0 Å². The first-order valence-corrected chi connectivity index (χ1v) is 10.5. The topological polar surface area (TPSA) is 58.2 Å². The van der Waals surface area contributed by atoms with Crippen LogP contribution in [0.4, 0.5) is 0 Å². The van der Waals surface area contributed by atoms with Crippen LogP contribution in [0.1, 0.15) is 60.9 Å². The predicted molar refractivity (Wildman–Crippen MR) is 106 cm³/mol. The summed E-state index contributed by atoms with van der Waals surface area (Å²) in [6, 6.07) is 7.39. The third-order valence-corrected chi connectivity index (χ3v) is 5.17. The van der Waals surface area contributed by atoms with Crippen LogP contribution in [-0.4, -0.2) is 28.8 Å². The zero-order valence-electron chi connectivity index (χ0n) is 14.2. The van der Waals surface area contributed by atoms with Crippen molar-refractivity contribution in [3.63, 3.8) is 0 Å². The van der Waals surface area contributed by atoms with Crippen molar-refractivity contribution in [2.75, 3.05) is 11.0 Å². The number of hydrogen-bond donors (Lipinski definition) is 2. The Kier molecular flexibility index (Phi) is 8.56. The van der Waals surface area contributed by atoms with Gasteiger partial charge in [-0.25, -0.2) is 0 Å². The highest BCUT2D eigenvalue weighted by Gasteiger charge is 2.23. The average molecular weight is 442 g/mol. The van der Waals surface area contributed by atoms with Crippen molar-refractivity contribution in [3.8, 4) is 0 Å².